The summed E-state index contributed by atoms with van der Waals surface area (Å²) in [6.45, 7) is 11.0. The highest BCUT2D eigenvalue weighted by Gasteiger charge is 2.33. The fourth-order valence-electron chi connectivity index (χ4n) is 4.58. The van der Waals surface area contributed by atoms with Crippen molar-refractivity contribution in [3.63, 3.8) is 0 Å². The van der Waals surface area contributed by atoms with E-state index in [0.29, 0.717) is 36.2 Å². The van der Waals surface area contributed by atoms with Crippen molar-refractivity contribution in [3.8, 4) is 11.5 Å². The van der Waals surface area contributed by atoms with Gasteiger partial charge in [-0.2, -0.15) is 4.31 Å². The van der Waals surface area contributed by atoms with E-state index in [0.717, 1.165) is 33.4 Å². The third-order valence-electron chi connectivity index (χ3n) is 7.16. The van der Waals surface area contributed by atoms with Gasteiger partial charge in [0.1, 0.15) is 0 Å². The van der Waals surface area contributed by atoms with Gasteiger partial charge in [-0.05, 0) is 74.6 Å². The van der Waals surface area contributed by atoms with Gasteiger partial charge >= 0.3 is 0 Å². The second kappa shape index (κ2) is 9.91. The molecule has 0 bridgehead atoms. The maximum atomic E-state index is 13.5. The minimum atomic E-state index is -3.65. The second-order valence-corrected chi connectivity index (χ2v) is 11.0. The molecule has 1 saturated heterocycles. The lowest BCUT2D eigenvalue weighted by atomic mass is 9.95. The number of hydrogen-bond acceptors (Lipinski definition) is 6. The van der Waals surface area contributed by atoms with Gasteiger partial charge in [-0.1, -0.05) is 18.2 Å². The fraction of sp³-hybridized carbons (Fsp3) is 0.423. The van der Waals surface area contributed by atoms with Crippen LogP contribution in [0.2, 0.25) is 0 Å². The van der Waals surface area contributed by atoms with Crippen LogP contribution in [0.15, 0.2) is 39.6 Å². The van der Waals surface area contributed by atoms with Crippen LogP contribution in [0.1, 0.15) is 40.1 Å². The van der Waals surface area contributed by atoms with Gasteiger partial charge in [0.15, 0.2) is 0 Å². The molecule has 0 atom stereocenters. The van der Waals surface area contributed by atoms with Gasteiger partial charge in [0.2, 0.25) is 27.7 Å². The van der Waals surface area contributed by atoms with Gasteiger partial charge in [-0.15, -0.1) is 10.2 Å². The standard InChI is InChI=1S/C26H32N4O4S/c1-17-18(2)20(4)25(21(5)19(17)3)35(32,33)30-15-13-29(14-16-30)24(31)12-11-23-27-28-26(34-23)22-9-7-6-8-10-22/h6-10H,11-16H2,1-5H3. The van der Waals surface area contributed by atoms with Crippen molar-refractivity contribution in [2.24, 2.45) is 0 Å². The van der Waals surface area contributed by atoms with Crippen molar-refractivity contribution in [3.05, 3.63) is 64.0 Å². The topological polar surface area (TPSA) is 96.6 Å². The summed E-state index contributed by atoms with van der Waals surface area (Å²) in [4.78, 5) is 14.9. The Balaban J connectivity index is 1.38. The molecule has 9 heteroatoms. The summed E-state index contributed by atoms with van der Waals surface area (Å²) in [5, 5.41) is 8.11. The fourth-order valence-corrected chi connectivity index (χ4v) is 6.57. The van der Waals surface area contributed by atoms with E-state index >= 15 is 0 Å². The molecule has 1 fully saturated rings. The highest BCUT2D eigenvalue weighted by atomic mass is 32.2. The van der Waals surface area contributed by atoms with Gasteiger partial charge in [0.25, 0.3) is 0 Å². The lowest BCUT2D eigenvalue weighted by Crippen LogP contribution is -2.50. The molecule has 1 aliphatic rings. The lowest BCUT2D eigenvalue weighted by Gasteiger charge is -2.35. The molecule has 2 heterocycles. The first-order valence-corrected chi connectivity index (χ1v) is 13.3. The van der Waals surface area contributed by atoms with E-state index in [4.69, 9.17) is 4.42 Å². The lowest BCUT2D eigenvalue weighted by molar-refractivity contribution is -0.132. The first kappa shape index (κ1) is 25.1. The van der Waals surface area contributed by atoms with E-state index in [1.807, 2.05) is 65.0 Å². The number of carbonyl (C=O) groups is 1. The first-order valence-electron chi connectivity index (χ1n) is 11.8. The number of aryl methyl sites for hydroxylation is 1. The van der Waals surface area contributed by atoms with Crippen molar-refractivity contribution in [2.75, 3.05) is 26.2 Å². The van der Waals surface area contributed by atoms with Crippen LogP contribution in [0.5, 0.6) is 0 Å². The van der Waals surface area contributed by atoms with Crippen LogP contribution in [-0.2, 0) is 21.2 Å². The van der Waals surface area contributed by atoms with E-state index in [1.165, 1.54) is 4.31 Å². The molecule has 186 valence electrons. The van der Waals surface area contributed by atoms with E-state index in [9.17, 15) is 13.2 Å². The molecule has 0 unspecified atom stereocenters. The summed E-state index contributed by atoms with van der Waals surface area (Å²) in [5.74, 6) is 0.796. The zero-order chi connectivity index (χ0) is 25.3. The molecule has 0 radical (unpaired) electrons. The number of carbonyl (C=O) groups excluding carboxylic acids is 1. The smallest absolute Gasteiger partial charge is 0.247 e. The maximum Gasteiger partial charge on any atom is 0.247 e. The van der Waals surface area contributed by atoms with E-state index in [2.05, 4.69) is 10.2 Å². The largest absolute Gasteiger partial charge is 0.421 e. The van der Waals surface area contributed by atoms with Crippen LogP contribution in [0.4, 0.5) is 0 Å². The van der Waals surface area contributed by atoms with Crippen LogP contribution in [0.25, 0.3) is 11.5 Å². The number of hydrogen-bond donors (Lipinski definition) is 0. The minimum absolute atomic E-state index is 0.0455. The number of piperazine rings is 1. The van der Waals surface area contributed by atoms with E-state index < -0.39 is 10.0 Å². The van der Waals surface area contributed by atoms with E-state index in [-0.39, 0.29) is 25.4 Å². The number of nitrogens with zero attached hydrogens (tertiary/aromatic N) is 4. The van der Waals surface area contributed by atoms with Crippen molar-refractivity contribution < 1.29 is 17.6 Å². The summed E-state index contributed by atoms with van der Waals surface area (Å²) in [6.07, 6.45) is 0.579. The van der Waals surface area contributed by atoms with Crippen molar-refractivity contribution in [2.45, 2.75) is 52.4 Å². The Morgan fingerprint density at radius 3 is 2.03 bits per heavy atom. The Morgan fingerprint density at radius 2 is 1.43 bits per heavy atom. The molecular weight excluding hydrogens is 464 g/mol. The van der Waals surface area contributed by atoms with Crippen molar-refractivity contribution >= 4 is 15.9 Å². The number of sulfonamides is 1. The average molecular weight is 497 g/mol. The van der Waals surface area contributed by atoms with Crippen LogP contribution in [0, 0.1) is 34.6 Å². The van der Waals surface area contributed by atoms with Gasteiger partial charge in [0.05, 0.1) is 4.90 Å². The van der Waals surface area contributed by atoms with Crippen LogP contribution in [0.3, 0.4) is 0 Å². The monoisotopic (exact) mass is 496 g/mol. The molecule has 0 aliphatic carbocycles. The zero-order valence-corrected chi connectivity index (χ0v) is 21.8. The van der Waals surface area contributed by atoms with Crippen molar-refractivity contribution in [1.82, 2.24) is 19.4 Å². The summed E-state index contributed by atoms with van der Waals surface area (Å²) >= 11 is 0. The van der Waals surface area contributed by atoms with E-state index in [1.54, 1.807) is 4.90 Å². The number of amides is 1. The molecule has 1 aliphatic heterocycles. The van der Waals surface area contributed by atoms with Crippen LogP contribution in [-0.4, -0.2) is 59.9 Å². The third-order valence-corrected chi connectivity index (χ3v) is 9.33. The van der Waals surface area contributed by atoms with Gasteiger partial charge < -0.3 is 9.32 Å². The Bertz CT molecular complexity index is 1310. The normalized spacial score (nSPS) is 14.9. The molecule has 1 aromatic heterocycles. The Morgan fingerprint density at radius 1 is 0.857 bits per heavy atom. The molecule has 0 spiro atoms. The highest BCUT2D eigenvalue weighted by molar-refractivity contribution is 7.89. The quantitative estimate of drug-likeness (QED) is 0.516. The molecule has 8 nitrogen and oxygen atoms in total. The summed E-state index contributed by atoms with van der Waals surface area (Å²) in [5.41, 5.74) is 5.59. The van der Waals surface area contributed by atoms with Crippen molar-refractivity contribution in [1.29, 1.82) is 0 Å². The second-order valence-electron chi connectivity index (χ2n) is 9.11. The molecule has 4 rings (SSSR count). The predicted octanol–water partition coefficient (Wildman–Crippen LogP) is 3.74. The van der Waals surface area contributed by atoms with Gasteiger partial charge in [0, 0.05) is 44.6 Å². The molecule has 3 aromatic rings. The molecule has 35 heavy (non-hydrogen) atoms. The average Bonchev–Trinajstić information content (AvgIpc) is 3.34. The Labute approximate surface area is 207 Å². The molecular formula is C26H32N4O4S. The molecule has 0 saturated carbocycles. The SMILES string of the molecule is Cc1c(C)c(C)c(S(=O)(=O)N2CCN(C(=O)CCc3nnc(-c4ccccc4)o3)CC2)c(C)c1C. The summed E-state index contributed by atoms with van der Waals surface area (Å²) in [6, 6.07) is 9.48. The zero-order valence-electron chi connectivity index (χ0n) is 21.0. The Kier molecular flexibility index (Phi) is 7.10. The highest BCUT2D eigenvalue weighted by Crippen LogP contribution is 2.32. The van der Waals surface area contributed by atoms with Crippen LogP contribution >= 0.6 is 0 Å². The molecule has 0 N–H and O–H groups in total. The summed E-state index contributed by atoms with van der Waals surface area (Å²) < 4.78 is 34.3. The van der Waals surface area contributed by atoms with Gasteiger partial charge in [-0.25, -0.2) is 8.42 Å². The first-order chi connectivity index (χ1) is 16.6. The maximum absolute atomic E-state index is 13.5. The number of aromatic nitrogens is 2. The summed E-state index contributed by atoms with van der Waals surface area (Å²) in [7, 11) is -3.65. The molecule has 2 aromatic carbocycles. The minimum Gasteiger partial charge on any atom is -0.421 e. The number of rotatable bonds is 6. The van der Waals surface area contributed by atoms with Gasteiger partial charge in [-0.3, -0.25) is 4.79 Å². The Hall–Kier alpha value is -3.04. The van der Waals surface area contributed by atoms with Crippen LogP contribution < -0.4 is 0 Å². The number of benzene rings is 2. The third kappa shape index (κ3) is 4.88. The predicted molar refractivity (Wildman–Crippen MR) is 134 cm³/mol. The molecule has 1 amide bonds.